The monoisotopic (exact) mass is 424 g/mol. The second kappa shape index (κ2) is 11.1. The number of guanidine groups is 1. The third-order valence-electron chi connectivity index (χ3n) is 4.36. The average Bonchev–Trinajstić information content (AvgIpc) is 3.29. The van der Waals surface area contributed by atoms with Gasteiger partial charge in [-0.1, -0.05) is 41.9 Å². The number of furan rings is 1. The lowest BCUT2D eigenvalue weighted by molar-refractivity contribution is 0.0948. The molecule has 2 aromatic carbocycles. The first kappa shape index (κ1) is 21.5. The number of nitrogens with zero attached hydrogens (tertiary/aromatic N) is 1. The van der Waals surface area contributed by atoms with Gasteiger partial charge in [0.05, 0.1) is 19.4 Å². The lowest BCUT2D eigenvalue weighted by atomic mass is 10.1. The Morgan fingerprint density at radius 2 is 1.87 bits per heavy atom. The smallest absolute Gasteiger partial charge is 0.251 e. The molecule has 0 spiro atoms. The first-order valence-corrected chi connectivity index (χ1v) is 10.2. The van der Waals surface area contributed by atoms with Crippen LogP contribution in [0.2, 0.25) is 5.02 Å². The Kier molecular flexibility index (Phi) is 7.92. The second-order valence-corrected chi connectivity index (χ2v) is 7.01. The fourth-order valence-corrected chi connectivity index (χ4v) is 3.03. The molecule has 30 heavy (non-hydrogen) atoms. The fraction of sp³-hybridized carbons (Fsp3) is 0.217. The van der Waals surface area contributed by atoms with Gasteiger partial charge in [-0.05, 0) is 48.4 Å². The fourth-order valence-electron chi connectivity index (χ4n) is 2.83. The molecule has 0 unspecified atom stereocenters. The molecule has 0 atom stereocenters. The summed E-state index contributed by atoms with van der Waals surface area (Å²) in [5, 5.41) is 10.1. The molecule has 0 aliphatic heterocycles. The quantitative estimate of drug-likeness (QED) is 0.375. The molecule has 0 radical (unpaired) electrons. The van der Waals surface area contributed by atoms with Gasteiger partial charge in [-0.25, -0.2) is 4.99 Å². The molecule has 6 nitrogen and oxygen atoms in total. The third-order valence-corrected chi connectivity index (χ3v) is 4.73. The van der Waals surface area contributed by atoms with Gasteiger partial charge in [0, 0.05) is 23.7 Å². The third kappa shape index (κ3) is 6.39. The maximum atomic E-state index is 12.4. The maximum absolute atomic E-state index is 12.4. The summed E-state index contributed by atoms with van der Waals surface area (Å²) < 4.78 is 5.24. The van der Waals surface area contributed by atoms with E-state index < -0.39 is 0 Å². The van der Waals surface area contributed by atoms with Crippen LogP contribution in [-0.2, 0) is 19.6 Å². The first-order chi connectivity index (χ1) is 14.7. The van der Waals surface area contributed by atoms with Crippen molar-refractivity contribution >= 4 is 23.5 Å². The average molecular weight is 425 g/mol. The minimum atomic E-state index is -0.152. The summed E-state index contributed by atoms with van der Waals surface area (Å²) in [5.41, 5.74) is 2.53. The van der Waals surface area contributed by atoms with Crippen LogP contribution in [-0.4, -0.2) is 18.4 Å². The van der Waals surface area contributed by atoms with Crippen molar-refractivity contribution in [3.8, 4) is 0 Å². The van der Waals surface area contributed by atoms with Crippen molar-refractivity contribution in [2.75, 3.05) is 6.54 Å². The van der Waals surface area contributed by atoms with Crippen molar-refractivity contribution in [1.82, 2.24) is 16.0 Å². The zero-order valence-electron chi connectivity index (χ0n) is 16.8. The standard InChI is InChI=1S/C23H25ClN4O2/c1-2-25-23(28-15-19-8-3-4-11-21(19)24)27-14-17-7-5-9-18(13-17)22(29)26-16-20-10-6-12-30-20/h3-13H,2,14-16H2,1H3,(H,26,29)(H2,25,27,28). The zero-order valence-corrected chi connectivity index (χ0v) is 17.6. The van der Waals surface area contributed by atoms with Crippen LogP contribution in [0.3, 0.4) is 0 Å². The van der Waals surface area contributed by atoms with Gasteiger partial charge in [0.1, 0.15) is 5.76 Å². The van der Waals surface area contributed by atoms with Gasteiger partial charge in [-0.15, -0.1) is 0 Å². The van der Waals surface area contributed by atoms with Crippen LogP contribution in [0, 0.1) is 0 Å². The minimum absolute atomic E-state index is 0.152. The van der Waals surface area contributed by atoms with Crippen LogP contribution >= 0.6 is 11.6 Å². The molecule has 7 heteroatoms. The van der Waals surface area contributed by atoms with Crippen molar-refractivity contribution in [1.29, 1.82) is 0 Å². The highest BCUT2D eigenvalue weighted by molar-refractivity contribution is 6.31. The number of rotatable bonds is 8. The molecule has 0 bridgehead atoms. The highest BCUT2D eigenvalue weighted by atomic mass is 35.5. The topological polar surface area (TPSA) is 78.7 Å². The number of halogens is 1. The first-order valence-electron chi connectivity index (χ1n) is 9.81. The van der Waals surface area contributed by atoms with Crippen molar-refractivity contribution in [3.05, 3.63) is 94.4 Å². The van der Waals surface area contributed by atoms with Crippen LogP contribution in [0.5, 0.6) is 0 Å². The van der Waals surface area contributed by atoms with Crippen LogP contribution in [0.15, 0.2) is 76.3 Å². The van der Waals surface area contributed by atoms with E-state index >= 15 is 0 Å². The van der Waals surface area contributed by atoms with Gasteiger partial charge in [0.15, 0.2) is 5.96 Å². The van der Waals surface area contributed by atoms with E-state index in [0.29, 0.717) is 41.9 Å². The summed E-state index contributed by atoms with van der Waals surface area (Å²) in [6.07, 6.45) is 1.59. The number of benzene rings is 2. The molecule has 3 N–H and O–H groups in total. The predicted molar refractivity (Wildman–Crippen MR) is 119 cm³/mol. The number of hydrogen-bond donors (Lipinski definition) is 3. The van der Waals surface area contributed by atoms with E-state index in [1.807, 2.05) is 55.5 Å². The van der Waals surface area contributed by atoms with Crippen molar-refractivity contribution in [2.24, 2.45) is 4.99 Å². The van der Waals surface area contributed by atoms with Crippen molar-refractivity contribution in [3.63, 3.8) is 0 Å². The largest absolute Gasteiger partial charge is 0.467 e. The summed E-state index contributed by atoms with van der Waals surface area (Å²) in [4.78, 5) is 17.0. The Labute approximate surface area is 181 Å². The lowest BCUT2D eigenvalue weighted by Crippen LogP contribution is -2.36. The summed E-state index contributed by atoms with van der Waals surface area (Å²) in [6, 6.07) is 18.8. The van der Waals surface area contributed by atoms with Crippen LogP contribution < -0.4 is 16.0 Å². The van der Waals surface area contributed by atoms with Gasteiger partial charge < -0.3 is 20.4 Å². The van der Waals surface area contributed by atoms with Crippen LogP contribution in [0.4, 0.5) is 0 Å². The Morgan fingerprint density at radius 3 is 2.63 bits per heavy atom. The van der Waals surface area contributed by atoms with E-state index in [9.17, 15) is 4.79 Å². The SMILES string of the molecule is CCNC(=NCc1cccc(C(=O)NCc2ccco2)c1)NCc1ccccc1Cl. The van der Waals surface area contributed by atoms with Gasteiger partial charge >= 0.3 is 0 Å². The molecule has 0 saturated carbocycles. The van der Waals surface area contributed by atoms with E-state index in [2.05, 4.69) is 20.9 Å². The summed E-state index contributed by atoms with van der Waals surface area (Å²) in [6.45, 7) is 4.11. The second-order valence-electron chi connectivity index (χ2n) is 6.60. The van der Waals surface area contributed by atoms with Gasteiger partial charge in [0.2, 0.25) is 0 Å². The number of carbonyl (C=O) groups is 1. The Balaban J connectivity index is 1.60. The molecule has 0 aliphatic carbocycles. The van der Waals surface area contributed by atoms with Gasteiger partial charge in [0.25, 0.3) is 5.91 Å². The molecule has 0 aliphatic rings. The number of carbonyl (C=O) groups excluding carboxylic acids is 1. The number of aliphatic imine (C=N–C) groups is 1. The van der Waals surface area contributed by atoms with E-state index in [0.717, 1.165) is 17.7 Å². The Bertz CT molecular complexity index is 986. The molecule has 0 fully saturated rings. The van der Waals surface area contributed by atoms with Crippen LogP contribution in [0.1, 0.15) is 34.2 Å². The zero-order chi connectivity index (χ0) is 21.2. The number of hydrogen-bond acceptors (Lipinski definition) is 3. The van der Waals surface area contributed by atoms with Crippen LogP contribution in [0.25, 0.3) is 0 Å². The summed E-state index contributed by atoms with van der Waals surface area (Å²) in [7, 11) is 0. The molecule has 1 amide bonds. The lowest BCUT2D eigenvalue weighted by Gasteiger charge is -2.12. The van der Waals surface area contributed by atoms with Gasteiger partial charge in [-0.3, -0.25) is 4.79 Å². The maximum Gasteiger partial charge on any atom is 0.251 e. The highest BCUT2D eigenvalue weighted by Crippen LogP contribution is 2.14. The summed E-state index contributed by atoms with van der Waals surface area (Å²) in [5.74, 6) is 1.25. The number of nitrogens with one attached hydrogen (secondary N) is 3. The van der Waals surface area contributed by atoms with E-state index in [1.54, 1.807) is 18.4 Å². The summed E-state index contributed by atoms with van der Waals surface area (Å²) >= 11 is 6.22. The van der Waals surface area contributed by atoms with Crippen molar-refractivity contribution < 1.29 is 9.21 Å². The molecule has 156 valence electrons. The predicted octanol–water partition coefficient (Wildman–Crippen LogP) is 4.12. The van der Waals surface area contributed by atoms with Crippen molar-refractivity contribution in [2.45, 2.75) is 26.6 Å². The Morgan fingerprint density at radius 1 is 1.00 bits per heavy atom. The normalized spacial score (nSPS) is 11.2. The molecular formula is C23H25ClN4O2. The van der Waals surface area contributed by atoms with Gasteiger partial charge in [-0.2, -0.15) is 0 Å². The molecule has 0 saturated heterocycles. The van der Waals surface area contributed by atoms with E-state index in [4.69, 9.17) is 16.0 Å². The molecule has 1 heterocycles. The molecule has 3 rings (SSSR count). The molecule has 3 aromatic rings. The highest BCUT2D eigenvalue weighted by Gasteiger charge is 2.07. The Hall–Kier alpha value is -3.25. The van der Waals surface area contributed by atoms with E-state index in [-0.39, 0.29) is 5.91 Å². The number of amides is 1. The minimum Gasteiger partial charge on any atom is -0.467 e. The molecular weight excluding hydrogens is 400 g/mol. The van der Waals surface area contributed by atoms with E-state index in [1.165, 1.54) is 0 Å². The molecule has 1 aromatic heterocycles.